The highest BCUT2D eigenvalue weighted by Gasteiger charge is 2.33. The molecule has 3 rings (SSSR count). The minimum Gasteiger partial charge on any atom is -0.301 e. The molecule has 0 fully saturated rings. The molecule has 4 nitrogen and oxygen atoms in total. The lowest BCUT2D eigenvalue weighted by atomic mass is 10.1. The van der Waals surface area contributed by atoms with Crippen molar-refractivity contribution >= 4 is 22.7 Å². The topological polar surface area (TPSA) is 58.6 Å². The monoisotopic (exact) mass is 355 g/mol. The van der Waals surface area contributed by atoms with Crippen molar-refractivity contribution in [2.45, 2.75) is 17.1 Å². The lowest BCUT2D eigenvalue weighted by molar-refractivity contribution is -0.141. The molecule has 0 aliphatic heterocycles. The number of aromatic amines is 1. The molecule has 0 radical (unpaired) electrons. The van der Waals surface area contributed by atoms with Gasteiger partial charge in [-0.3, -0.25) is 9.78 Å². The zero-order chi connectivity index (χ0) is 17.3. The number of halogens is 4. The predicted molar refractivity (Wildman–Crippen MR) is 81.1 cm³/mol. The molecule has 0 spiro atoms. The first-order valence-corrected chi connectivity index (χ1v) is 7.66. The van der Waals surface area contributed by atoms with E-state index in [0.717, 1.165) is 11.8 Å². The molecule has 0 saturated heterocycles. The summed E-state index contributed by atoms with van der Waals surface area (Å²) in [7, 11) is 0. The van der Waals surface area contributed by atoms with Crippen LogP contribution >= 0.6 is 11.8 Å². The van der Waals surface area contributed by atoms with Crippen molar-refractivity contribution in [3.05, 3.63) is 64.0 Å². The van der Waals surface area contributed by atoms with Crippen LogP contribution in [0.1, 0.15) is 11.3 Å². The Labute approximate surface area is 137 Å². The van der Waals surface area contributed by atoms with Crippen molar-refractivity contribution in [1.29, 1.82) is 0 Å². The molecule has 0 amide bonds. The molecule has 2 aromatic heterocycles. The van der Waals surface area contributed by atoms with Gasteiger partial charge in [0.1, 0.15) is 5.82 Å². The highest BCUT2D eigenvalue weighted by molar-refractivity contribution is 7.98. The Kier molecular flexibility index (Phi) is 4.27. The maximum atomic E-state index is 13.7. The van der Waals surface area contributed by atoms with Gasteiger partial charge in [0.25, 0.3) is 5.56 Å². The molecule has 0 bridgehead atoms. The largest absolute Gasteiger partial charge is 0.433 e. The first-order chi connectivity index (χ1) is 11.3. The highest BCUT2D eigenvalue weighted by atomic mass is 32.2. The van der Waals surface area contributed by atoms with Gasteiger partial charge in [0.05, 0.1) is 5.52 Å². The molecule has 1 aromatic carbocycles. The van der Waals surface area contributed by atoms with Crippen LogP contribution in [0.5, 0.6) is 0 Å². The zero-order valence-electron chi connectivity index (χ0n) is 11.9. The molecular formula is C15H9F4N3OS. The van der Waals surface area contributed by atoms with E-state index in [1.807, 2.05) is 0 Å². The molecule has 124 valence electrons. The van der Waals surface area contributed by atoms with E-state index >= 15 is 0 Å². The van der Waals surface area contributed by atoms with Gasteiger partial charge in [-0.2, -0.15) is 13.2 Å². The van der Waals surface area contributed by atoms with Gasteiger partial charge < -0.3 is 4.98 Å². The standard InChI is InChI=1S/C15H9F4N3OS/c16-10-4-3-8(13-9(10)2-1-5-20-13)7-24-14-21-11(15(17,18)19)6-12(23)22-14/h1-6H,7H2,(H,21,22,23). The van der Waals surface area contributed by atoms with Crippen molar-refractivity contribution in [3.63, 3.8) is 0 Å². The number of hydrogen-bond donors (Lipinski definition) is 1. The van der Waals surface area contributed by atoms with Crippen molar-refractivity contribution in [2.24, 2.45) is 0 Å². The summed E-state index contributed by atoms with van der Waals surface area (Å²) in [6.07, 6.45) is -3.20. The fraction of sp³-hybridized carbons (Fsp3) is 0.133. The fourth-order valence-electron chi connectivity index (χ4n) is 2.11. The normalized spacial score (nSPS) is 11.8. The molecular weight excluding hydrogens is 346 g/mol. The van der Waals surface area contributed by atoms with Gasteiger partial charge in [0.2, 0.25) is 0 Å². The molecule has 0 aliphatic carbocycles. The summed E-state index contributed by atoms with van der Waals surface area (Å²) >= 11 is 0.910. The van der Waals surface area contributed by atoms with Crippen LogP contribution in [0.25, 0.3) is 10.9 Å². The maximum Gasteiger partial charge on any atom is 0.433 e. The average Bonchev–Trinajstić information content (AvgIpc) is 2.53. The second-order valence-electron chi connectivity index (χ2n) is 4.83. The fourth-order valence-corrected chi connectivity index (χ4v) is 2.97. The smallest absolute Gasteiger partial charge is 0.301 e. The zero-order valence-corrected chi connectivity index (χ0v) is 12.7. The molecule has 1 N–H and O–H groups in total. The van der Waals surface area contributed by atoms with Crippen LogP contribution in [0, 0.1) is 5.82 Å². The number of thioether (sulfide) groups is 1. The molecule has 9 heteroatoms. The van der Waals surface area contributed by atoms with E-state index in [0.29, 0.717) is 22.5 Å². The second-order valence-corrected chi connectivity index (χ2v) is 5.79. The first-order valence-electron chi connectivity index (χ1n) is 6.68. The molecule has 2 heterocycles. The number of H-pyrrole nitrogens is 1. The van der Waals surface area contributed by atoms with Crippen molar-refractivity contribution in [3.8, 4) is 0 Å². The number of pyridine rings is 1. The number of aromatic nitrogens is 3. The molecule has 0 unspecified atom stereocenters. The average molecular weight is 355 g/mol. The van der Waals surface area contributed by atoms with E-state index < -0.39 is 23.2 Å². The molecule has 3 aromatic rings. The number of rotatable bonds is 3. The Hall–Kier alpha value is -2.42. The SMILES string of the molecule is O=c1cc(C(F)(F)F)nc(SCc2ccc(F)c3cccnc23)[nH]1. The van der Waals surface area contributed by atoms with E-state index in [2.05, 4.69) is 15.0 Å². The minimum atomic E-state index is -4.70. The lowest BCUT2D eigenvalue weighted by Gasteiger charge is -2.08. The van der Waals surface area contributed by atoms with E-state index in [1.165, 1.54) is 18.3 Å². The summed E-state index contributed by atoms with van der Waals surface area (Å²) in [5.74, 6) is -0.254. The van der Waals surface area contributed by atoms with E-state index in [4.69, 9.17) is 0 Å². The van der Waals surface area contributed by atoms with Gasteiger partial charge in [-0.1, -0.05) is 17.8 Å². The summed E-state index contributed by atoms with van der Waals surface area (Å²) < 4.78 is 51.8. The summed E-state index contributed by atoms with van der Waals surface area (Å²) in [4.78, 5) is 21.1. The third-order valence-electron chi connectivity index (χ3n) is 3.17. The number of alkyl halides is 3. The van der Waals surface area contributed by atoms with Gasteiger partial charge in [-0.25, -0.2) is 9.37 Å². The Morgan fingerprint density at radius 1 is 1.21 bits per heavy atom. The number of nitrogens with zero attached hydrogens (tertiary/aromatic N) is 2. The predicted octanol–water partition coefficient (Wildman–Crippen LogP) is 3.77. The van der Waals surface area contributed by atoms with Gasteiger partial charge in [0.15, 0.2) is 10.9 Å². The Morgan fingerprint density at radius 2 is 2.00 bits per heavy atom. The Balaban J connectivity index is 1.91. The summed E-state index contributed by atoms with van der Waals surface area (Å²) in [5.41, 5.74) is -1.10. The minimum absolute atomic E-state index is 0.164. The summed E-state index contributed by atoms with van der Waals surface area (Å²) in [5, 5.41) is 0.157. The number of hydrogen-bond acceptors (Lipinski definition) is 4. The van der Waals surface area contributed by atoms with Crippen molar-refractivity contribution in [1.82, 2.24) is 15.0 Å². The third kappa shape index (κ3) is 3.40. The number of fused-ring (bicyclic) bond motifs is 1. The first kappa shape index (κ1) is 16.4. The van der Waals surface area contributed by atoms with Crippen LogP contribution in [0.2, 0.25) is 0 Å². The number of nitrogens with one attached hydrogen (secondary N) is 1. The van der Waals surface area contributed by atoms with Gasteiger partial charge >= 0.3 is 6.18 Å². The quantitative estimate of drug-likeness (QED) is 0.441. The van der Waals surface area contributed by atoms with Crippen LogP contribution in [0.3, 0.4) is 0 Å². The van der Waals surface area contributed by atoms with Crippen molar-refractivity contribution < 1.29 is 17.6 Å². The van der Waals surface area contributed by atoms with Gasteiger partial charge in [-0.05, 0) is 23.8 Å². The molecule has 0 saturated carbocycles. The number of benzene rings is 1. The van der Waals surface area contributed by atoms with Gasteiger partial charge in [0, 0.05) is 23.4 Å². The van der Waals surface area contributed by atoms with Gasteiger partial charge in [-0.15, -0.1) is 0 Å². The van der Waals surface area contributed by atoms with Crippen LogP contribution in [0.15, 0.2) is 46.5 Å². The summed E-state index contributed by atoms with van der Waals surface area (Å²) in [6.45, 7) is 0. The van der Waals surface area contributed by atoms with Crippen molar-refractivity contribution in [2.75, 3.05) is 0 Å². The van der Waals surface area contributed by atoms with E-state index in [-0.39, 0.29) is 10.9 Å². The molecule has 24 heavy (non-hydrogen) atoms. The Morgan fingerprint density at radius 3 is 2.75 bits per heavy atom. The van der Waals surface area contributed by atoms with E-state index in [9.17, 15) is 22.4 Å². The molecule has 0 aliphatic rings. The van der Waals surface area contributed by atoms with Crippen LogP contribution in [-0.2, 0) is 11.9 Å². The summed E-state index contributed by atoms with van der Waals surface area (Å²) in [6, 6.07) is 6.33. The lowest BCUT2D eigenvalue weighted by Crippen LogP contribution is -2.16. The molecule has 0 atom stereocenters. The van der Waals surface area contributed by atoms with Crippen LogP contribution in [0.4, 0.5) is 17.6 Å². The van der Waals surface area contributed by atoms with E-state index in [1.54, 1.807) is 12.1 Å². The maximum absolute atomic E-state index is 13.7. The second kappa shape index (κ2) is 6.23. The Bertz CT molecular complexity index is 955. The van der Waals surface area contributed by atoms with Crippen LogP contribution in [-0.4, -0.2) is 15.0 Å². The highest BCUT2D eigenvalue weighted by Crippen LogP contribution is 2.29. The third-order valence-corrected chi connectivity index (χ3v) is 4.10. The van der Waals surface area contributed by atoms with Crippen LogP contribution < -0.4 is 5.56 Å².